The zero-order chi connectivity index (χ0) is 18.6. The summed E-state index contributed by atoms with van der Waals surface area (Å²) in [4.78, 5) is 22.4. The van der Waals surface area contributed by atoms with Gasteiger partial charge in [-0.2, -0.15) is 0 Å². The molecule has 0 bridgehead atoms. The van der Waals surface area contributed by atoms with Crippen LogP contribution in [0.1, 0.15) is 31.4 Å². The Bertz CT molecular complexity index is 744. The molecule has 0 radical (unpaired) electrons. The number of nitrogens with zero attached hydrogens (tertiary/aromatic N) is 2. The summed E-state index contributed by atoms with van der Waals surface area (Å²) in [6.45, 7) is 2.50. The van der Waals surface area contributed by atoms with Crippen molar-refractivity contribution in [1.82, 2.24) is 14.9 Å². The molecule has 1 fully saturated rings. The average molecular weight is 370 g/mol. The number of benzene rings is 1. The zero-order valence-corrected chi connectivity index (χ0v) is 15.0. The Labute approximate surface area is 146 Å². The number of sulfonamides is 1. The summed E-state index contributed by atoms with van der Waals surface area (Å²) in [6.07, 6.45) is 2.27. The van der Waals surface area contributed by atoms with Crippen molar-refractivity contribution in [3.05, 3.63) is 39.9 Å². The Morgan fingerprint density at radius 1 is 1.36 bits per heavy atom. The Morgan fingerprint density at radius 3 is 2.56 bits per heavy atom. The smallest absolute Gasteiger partial charge is 0.315 e. The SMILES string of the molecule is CC(NC(=O)NC1CCN(S(C)(=O)=O)CC1)c1cccc([N+](=O)[O-])c1. The fourth-order valence-electron chi connectivity index (χ4n) is 2.75. The van der Waals surface area contributed by atoms with E-state index in [1.807, 2.05) is 0 Å². The highest BCUT2D eigenvalue weighted by Crippen LogP contribution is 2.19. The van der Waals surface area contributed by atoms with Gasteiger partial charge in [-0.25, -0.2) is 17.5 Å². The summed E-state index contributed by atoms with van der Waals surface area (Å²) >= 11 is 0. The number of urea groups is 1. The lowest BCUT2D eigenvalue weighted by molar-refractivity contribution is -0.384. The van der Waals surface area contributed by atoms with Crippen molar-refractivity contribution in [1.29, 1.82) is 0 Å². The van der Waals surface area contributed by atoms with E-state index in [-0.39, 0.29) is 17.8 Å². The number of carbonyl (C=O) groups excluding carboxylic acids is 1. The van der Waals surface area contributed by atoms with Gasteiger partial charge < -0.3 is 10.6 Å². The number of non-ortho nitro benzene ring substituents is 1. The van der Waals surface area contributed by atoms with Gasteiger partial charge in [0.05, 0.1) is 17.2 Å². The molecule has 2 N–H and O–H groups in total. The van der Waals surface area contributed by atoms with Crippen LogP contribution < -0.4 is 10.6 Å². The Hall–Kier alpha value is -2.20. The quantitative estimate of drug-likeness (QED) is 0.599. The highest BCUT2D eigenvalue weighted by molar-refractivity contribution is 7.88. The number of hydrogen-bond acceptors (Lipinski definition) is 5. The molecule has 1 unspecified atom stereocenters. The molecule has 0 aliphatic carbocycles. The Kier molecular flexibility index (Phi) is 5.96. The first kappa shape index (κ1) is 19.1. The molecule has 138 valence electrons. The molecule has 1 saturated heterocycles. The van der Waals surface area contributed by atoms with Gasteiger partial charge in [-0.1, -0.05) is 12.1 Å². The van der Waals surface area contributed by atoms with Crippen molar-refractivity contribution in [2.75, 3.05) is 19.3 Å². The number of nitrogens with one attached hydrogen (secondary N) is 2. The number of rotatable bonds is 5. The van der Waals surface area contributed by atoms with Crippen LogP contribution in [0.3, 0.4) is 0 Å². The lowest BCUT2D eigenvalue weighted by atomic mass is 10.1. The van der Waals surface area contributed by atoms with Crippen LogP contribution in [0, 0.1) is 10.1 Å². The van der Waals surface area contributed by atoms with E-state index in [0.29, 0.717) is 31.5 Å². The first-order valence-electron chi connectivity index (χ1n) is 7.93. The van der Waals surface area contributed by atoms with Crippen LogP contribution in [0.5, 0.6) is 0 Å². The van der Waals surface area contributed by atoms with Crippen LogP contribution in [0.25, 0.3) is 0 Å². The zero-order valence-electron chi connectivity index (χ0n) is 14.1. The fraction of sp³-hybridized carbons (Fsp3) is 0.533. The summed E-state index contributed by atoms with van der Waals surface area (Å²) in [6, 6.07) is 5.23. The lowest BCUT2D eigenvalue weighted by Crippen LogP contribution is -2.49. The molecule has 0 aromatic heterocycles. The van der Waals surface area contributed by atoms with Crippen molar-refractivity contribution in [2.24, 2.45) is 0 Å². The molecule has 0 spiro atoms. The maximum absolute atomic E-state index is 12.1. The minimum Gasteiger partial charge on any atom is -0.335 e. The molecular formula is C15H22N4O5S. The molecule has 1 aliphatic rings. The van der Waals surface area contributed by atoms with Gasteiger partial charge >= 0.3 is 6.03 Å². The first-order valence-corrected chi connectivity index (χ1v) is 9.78. The van der Waals surface area contributed by atoms with Gasteiger partial charge in [0, 0.05) is 31.3 Å². The number of amides is 2. The molecule has 1 aromatic rings. The monoisotopic (exact) mass is 370 g/mol. The van der Waals surface area contributed by atoms with Crippen LogP contribution >= 0.6 is 0 Å². The molecule has 2 rings (SSSR count). The van der Waals surface area contributed by atoms with Gasteiger partial charge in [0.25, 0.3) is 5.69 Å². The topological polar surface area (TPSA) is 122 Å². The second-order valence-electron chi connectivity index (χ2n) is 6.13. The highest BCUT2D eigenvalue weighted by atomic mass is 32.2. The van der Waals surface area contributed by atoms with Gasteiger partial charge in [-0.15, -0.1) is 0 Å². The van der Waals surface area contributed by atoms with E-state index in [1.54, 1.807) is 19.1 Å². The van der Waals surface area contributed by atoms with Crippen LogP contribution in [-0.4, -0.2) is 49.1 Å². The predicted octanol–water partition coefficient (Wildman–Crippen LogP) is 1.38. The summed E-state index contributed by atoms with van der Waals surface area (Å²) in [5.74, 6) is 0. The van der Waals surface area contributed by atoms with Crippen LogP contribution in [0.15, 0.2) is 24.3 Å². The second kappa shape index (κ2) is 7.79. The van der Waals surface area contributed by atoms with E-state index in [4.69, 9.17) is 0 Å². The van der Waals surface area contributed by atoms with Gasteiger partial charge in [-0.05, 0) is 25.3 Å². The molecule has 1 aliphatic heterocycles. The highest BCUT2D eigenvalue weighted by Gasteiger charge is 2.26. The molecule has 10 heteroatoms. The third-order valence-electron chi connectivity index (χ3n) is 4.19. The average Bonchev–Trinajstić information content (AvgIpc) is 2.54. The van der Waals surface area contributed by atoms with Gasteiger partial charge in [0.2, 0.25) is 10.0 Å². The van der Waals surface area contributed by atoms with Crippen LogP contribution in [-0.2, 0) is 10.0 Å². The minimum atomic E-state index is -3.19. The number of piperidine rings is 1. The third-order valence-corrected chi connectivity index (χ3v) is 5.49. The number of nitro groups is 1. The normalized spacial score (nSPS) is 17.7. The van der Waals surface area contributed by atoms with E-state index in [0.717, 1.165) is 0 Å². The number of hydrogen-bond donors (Lipinski definition) is 2. The standard InChI is InChI=1S/C15H22N4O5S/c1-11(12-4-3-5-14(10-12)19(21)22)16-15(20)17-13-6-8-18(9-7-13)25(2,23)24/h3-5,10-11,13H,6-9H2,1-2H3,(H2,16,17,20). The second-order valence-corrected chi connectivity index (χ2v) is 8.11. The summed E-state index contributed by atoms with van der Waals surface area (Å²) in [5, 5.41) is 16.4. The Balaban J connectivity index is 1.86. The maximum atomic E-state index is 12.1. The molecule has 2 amide bonds. The summed E-state index contributed by atoms with van der Waals surface area (Å²) < 4.78 is 24.3. The van der Waals surface area contributed by atoms with Crippen molar-refractivity contribution < 1.29 is 18.1 Å². The maximum Gasteiger partial charge on any atom is 0.315 e. The summed E-state index contributed by atoms with van der Waals surface area (Å²) in [7, 11) is -3.19. The number of carbonyl (C=O) groups is 1. The van der Waals surface area contributed by atoms with Crippen LogP contribution in [0.4, 0.5) is 10.5 Å². The first-order chi connectivity index (χ1) is 11.7. The molecular weight excluding hydrogens is 348 g/mol. The molecule has 25 heavy (non-hydrogen) atoms. The molecule has 9 nitrogen and oxygen atoms in total. The van der Waals surface area contributed by atoms with Crippen molar-refractivity contribution >= 4 is 21.7 Å². The van der Waals surface area contributed by atoms with Crippen LogP contribution in [0.2, 0.25) is 0 Å². The van der Waals surface area contributed by atoms with E-state index in [1.165, 1.54) is 22.7 Å². The van der Waals surface area contributed by atoms with Gasteiger partial charge in [0.15, 0.2) is 0 Å². The van der Waals surface area contributed by atoms with E-state index < -0.39 is 21.0 Å². The van der Waals surface area contributed by atoms with E-state index >= 15 is 0 Å². The Morgan fingerprint density at radius 2 is 2.00 bits per heavy atom. The fourth-order valence-corrected chi connectivity index (χ4v) is 3.62. The predicted molar refractivity (Wildman–Crippen MR) is 92.6 cm³/mol. The van der Waals surface area contributed by atoms with Crippen molar-refractivity contribution in [3.63, 3.8) is 0 Å². The minimum absolute atomic E-state index is 0.0281. The lowest BCUT2D eigenvalue weighted by Gasteiger charge is -2.31. The largest absolute Gasteiger partial charge is 0.335 e. The van der Waals surface area contributed by atoms with E-state index in [2.05, 4.69) is 10.6 Å². The van der Waals surface area contributed by atoms with Crippen molar-refractivity contribution in [3.8, 4) is 0 Å². The molecule has 1 aromatic carbocycles. The molecule has 0 saturated carbocycles. The number of nitro benzene ring substituents is 1. The molecule has 1 atom stereocenters. The van der Waals surface area contributed by atoms with Gasteiger partial charge in [-0.3, -0.25) is 10.1 Å². The van der Waals surface area contributed by atoms with E-state index in [9.17, 15) is 23.3 Å². The van der Waals surface area contributed by atoms with Gasteiger partial charge in [0.1, 0.15) is 0 Å². The van der Waals surface area contributed by atoms with Crippen molar-refractivity contribution in [2.45, 2.75) is 31.8 Å². The molecule has 1 heterocycles. The summed E-state index contributed by atoms with van der Waals surface area (Å²) in [5.41, 5.74) is 0.607. The third kappa shape index (κ3) is 5.40.